The van der Waals surface area contributed by atoms with E-state index in [2.05, 4.69) is 5.43 Å². The van der Waals surface area contributed by atoms with Crippen LogP contribution >= 0.6 is 23.2 Å². The van der Waals surface area contributed by atoms with Gasteiger partial charge in [0.1, 0.15) is 5.75 Å². The zero-order chi connectivity index (χ0) is 17.7. The first-order chi connectivity index (χ1) is 11.3. The standard InChI is InChI=1S/C15H14Cl2N2O4S/c1-10(23-14-8-7-11(16)9-13(14)17)15(20)18-19-24(21,22)12-5-3-2-4-6-12/h2-10,19H,1H3,(H,18,20). The molecule has 1 amide bonds. The summed E-state index contributed by atoms with van der Waals surface area (Å²) in [5, 5.41) is 0.673. The summed E-state index contributed by atoms with van der Waals surface area (Å²) in [6.07, 6.45) is -0.984. The number of nitrogens with one attached hydrogen (secondary N) is 2. The van der Waals surface area contributed by atoms with Crippen molar-refractivity contribution >= 4 is 39.1 Å². The van der Waals surface area contributed by atoms with Gasteiger partial charge in [0.15, 0.2) is 6.10 Å². The molecule has 128 valence electrons. The summed E-state index contributed by atoms with van der Waals surface area (Å²) < 4.78 is 29.4. The maximum absolute atomic E-state index is 12.0. The van der Waals surface area contributed by atoms with E-state index in [-0.39, 0.29) is 15.7 Å². The highest BCUT2D eigenvalue weighted by Crippen LogP contribution is 2.28. The molecule has 6 nitrogen and oxygen atoms in total. The minimum atomic E-state index is -3.86. The van der Waals surface area contributed by atoms with Crippen molar-refractivity contribution in [2.45, 2.75) is 17.9 Å². The van der Waals surface area contributed by atoms with Crippen LogP contribution in [-0.2, 0) is 14.8 Å². The number of carbonyl (C=O) groups excluding carboxylic acids is 1. The van der Waals surface area contributed by atoms with Crippen molar-refractivity contribution in [1.29, 1.82) is 0 Å². The molecule has 0 aromatic heterocycles. The lowest BCUT2D eigenvalue weighted by molar-refractivity contribution is -0.127. The number of carbonyl (C=O) groups is 1. The van der Waals surface area contributed by atoms with Crippen molar-refractivity contribution < 1.29 is 17.9 Å². The third-order valence-electron chi connectivity index (χ3n) is 2.93. The van der Waals surface area contributed by atoms with Crippen LogP contribution in [0, 0.1) is 0 Å². The van der Waals surface area contributed by atoms with Crippen molar-refractivity contribution in [3.8, 4) is 5.75 Å². The molecular formula is C15H14Cl2N2O4S. The fourth-order valence-corrected chi connectivity index (χ4v) is 3.01. The third-order valence-corrected chi connectivity index (χ3v) is 4.72. The normalized spacial score (nSPS) is 12.5. The van der Waals surface area contributed by atoms with Crippen molar-refractivity contribution in [2.24, 2.45) is 0 Å². The quantitative estimate of drug-likeness (QED) is 0.745. The molecule has 24 heavy (non-hydrogen) atoms. The highest BCUT2D eigenvalue weighted by Gasteiger charge is 2.19. The van der Waals surface area contributed by atoms with Crippen molar-refractivity contribution in [3.63, 3.8) is 0 Å². The van der Waals surface area contributed by atoms with Gasteiger partial charge in [-0.15, -0.1) is 4.83 Å². The van der Waals surface area contributed by atoms with Gasteiger partial charge in [0.05, 0.1) is 9.92 Å². The number of rotatable bonds is 6. The maximum atomic E-state index is 12.0. The summed E-state index contributed by atoms with van der Waals surface area (Å²) in [4.78, 5) is 14.0. The Morgan fingerprint density at radius 2 is 1.79 bits per heavy atom. The van der Waals surface area contributed by atoms with Gasteiger partial charge < -0.3 is 4.74 Å². The molecule has 0 heterocycles. The largest absolute Gasteiger partial charge is 0.479 e. The monoisotopic (exact) mass is 388 g/mol. The molecule has 0 bridgehead atoms. The van der Waals surface area contributed by atoms with Crippen LogP contribution < -0.4 is 15.0 Å². The summed E-state index contributed by atoms with van der Waals surface area (Å²) in [5.74, 6) is -0.421. The third kappa shape index (κ3) is 4.85. The van der Waals surface area contributed by atoms with Crippen LogP contribution in [0.15, 0.2) is 53.4 Å². The van der Waals surface area contributed by atoms with E-state index in [4.69, 9.17) is 27.9 Å². The van der Waals surface area contributed by atoms with Crippen molar-refractivity contribution in [1.82, 2.24) is 10.3 Å². The van der Waals surface area contributed by atoms with Gasteiger partial charge in [-0.1, -0.05) is 41.4 Å². The summed E-state index contributed by atoms with van der Waals surface area (Å²) in [5.41, 5.74) is 2.10. The molecule has 2 N–H and O–H groups in total. The van der Waals surface area contributed by atoms with Crippen LogP contribution in [0.1, 0.15) is 6.92 Å². The maximum Gasteiger partial charge on any atom is 0.275 e. The van der Waals surface area contributed by atoms with Gasteiger partial charge >= 0.3 is 0 Å². The van der Waals surface area contributed by atoms with E-state index in [1.807, 2.05) is 4.83 Å². The van der Waals surface area contributed by atoms with Gasteiger partial charge in [-0.25, -0.2) is 8.42 Å². The lowest BCUT2D eigenvalue weighted by Gasteiger charge is -2.16. The molecule has 2 aromatic rings. The van der Waals surface area contributed by atoms with Gasteiger partial charge in [0.2, 0.25) is 0 Å². The van der Waals surface area contributed by atoms with Crippen LogP contribution in [0.5, 0.6) is 5.75 Å². The molecule has 0 aliphatic rings. The van der Waals surface area contributed by atoms with Gasteiger partial charge in [0, 0.05) is 5.02 Å². The van der Waals surface area contributed by atoms with E-state index in [1.54, 1.807) is 24.3 Å². The van der Waals surface area contributed by atoms with Gasteiger partial charge in [0.25, 0.3) is 15.9 Å². The number of ether oxygens (including phenoxy) is 1. The van der Waals surface area contributed by atoms with Crippen LogP contribution in [0.3, 0.4) is 0 Å². The van der Waals surface area contributed by atoms with Crippen LogP contribution in [0.4, 0.5) is 0 Å². The molecule has 2 aromatic carbocycles. The number of amides is 1. The van der Waals surface area contributed by atoms with E-state index in [0.29, 0.717) is 5.02 Å². The van der Waals surface area contributed by atoms with E-state index < -0.39 is 22.0 Å². The Hall–Kier alpha value is -1.80. The van der Waals surface area contributed by atoms with E-state index >= 15 is 0 Å². The fourth-order valence-electron chi connectivity index (χ4n) is 1.69. The molecule has 0 radical (unpaired) electrons. The van der Waals surface area contributed by atoms with Gasteiger partial charge in [-0.05, 0) is 37.3 Å². The molecule has 0 aliphatic carbocycles. The topological polar surface area (TPSA) is 84.5 Å². The zero-order valence-corrected chi connectivity index (χ0v) is 14.8. The second-order valence-electron chi connectivity index (χ2n) is 4.74. The number of benzene rings is 2. The lowest BCUT2D eigenvalue weighted by atomic mass is 10.3. The smallest absolute Gasteiger partial charge is 0.275 e. The van der Waals surface area contributed by atoms with Crippen LogP contribution in [-0.4, -0.2) is 20.4 Å². The second-order valence-corrected chi connectivity index (χ2v) is 7.27. The Balaban J connectivity index is 1.97. The van der Waals surface area contributed by atoms with E-state index in [0.717, 1.165) is 0 Å². The zero-order valence-electron chi connectivity index (χ0n) is 12.5. The molecule has 0 saturated carbocycles. The molecule has 1 atom stereocenters. The number of hydrogen-bond acceptors (Lipinski definition) is 4. The summed E-state index contributed by atoms with van der Waals surface area (Å²) in [7, 11) is -3.86. The molecule has 2 rings (SSSR count). The summed E-state index contributed by atoms with van der Waals surface area (Å²) >= 11 is 11.7. The molecule has 0 saturated heterocycles. The minimum Gasteiger partial charge on any atom is -0.479 e. The average molecular weight is 389 g/mol. The highest BCUT2D eigenvalue weighted by molar-refractivity contribution is 7.89. The highest BCUT2D eigenvalue weighted by atomic mass is 35.5. The first-order valence-electron chi connectivity index (χ1n) is 6.78. The number of hydrogen-bond donors (Lipinski definition) is 2. The Kier molecular flexibility index (Phi) is 6.06. The minimum absolute atomic E-state index is 0.0274. The summed E-state index contributed by atoms with van der Waals surface area (Å²) in [6.45, 7) is 1.46. The van der Waals surface area contributed by atoms with E-state index in [9.17, 15) is 13.2 Å². The molecule has 1 unspecified atom stereocenters. The predicted octanol–water partition coefficient (Wildman–Crippen LogP) is 2.77. The number of sulfonamides is 1. The molecular weight excluding hydrogens is 375 g/mol. The fraction of sp³-hybridized carbons (Fsp3) is 0.133. The molecule has 0 spiro atoms. The molecule has 0 aliphatic heterocycles. The van der Waals surface area contributed by atoms with Crippen LogP contribution in [0.2, 0.25) is 10.0 Å². The second kappa shape index (κ2) is 7.85. The Morgan fingerprint density at radius 1 is 1.12 bits per heavy atom. The first-order valence-corrected chi connectivity index (χ1v) is 9.02. The predicted molar refractivity (Wildman–Crippen MR) is 91.5 cm³/mol. The first kappa shape index (κ1) is 18.5. The molecule has 9 heteroatoms. The van der Waals surface area contributed by atoms with Crippen LogP contribution in [0.25, 0.3) is 0 Å². The van der Waals surface area contributed by atoms with Gasteiger partial charge in [-0.3, -0.25) is 10.2 Å². The Labute approximate surface area is 149 Å². The number of halogens is 2. The average Bonchev–Trinajstić information content (AvgIpc) is 2.56. The Morgan fingerprint density at radius 3 is 2.42 bits per heavy atom. The van der Waals surface area contributed by atoms with Crippen molar-refractivity contribution in [2.75, 3.05) is 0 Å². The van der Waals surface area contributed by atoms with Gasteiger partial charge in [-0.2, -0.15) is 0 Å². The Bertz CT molecular complexity index is 829. The SMILES string of the molecule is CC(Oc1ccc(Cl)cc1Cl)C(=O)NNS(=O)(=O)c1ccccc1. The van der Waals surface area contributed by atoms with E-state index in [1.165, 1.54) is 31.2 Å². The molecule has 0 fully saturated rings. The lowest BCUT2D eigenvalue weighted by Crippen LogP contribution is -2.47. The number of hydrazine groups is 1. The van der Waals surface area contributed by atoms with Crippen molar-refractivity contribution in [3.05, 3.63) is 58.6 Å². The summed E-state index contributed by atoms with van der Waals surface area (Å²) in [6, 6.07) is 12.2.